The van der Waals surface area contributed by atoms with E-state index in [0.29, 0.717) is 13.0 Å². The number of likely N-dealkylation sites (N-methyl/N-ethyl adjacent to an activating group) is 1. The first-order valence-corrected chi connectivity index (χ1v) is 8.41. The molecule has 1 aromatic carbocycles. The second-order valence-corrected chi connectivity index (χ2v) is 6.73. The van der Waals surface area contributed by atoms with Crippen LogP contribution < -0.4 is 0 Å². The van der Waals surface area contributed by atoms with Gasteiger partial charge in [0.05, 0.1) is 0 Å². The van der Waals surface area contributed by atoms with Crippen LogP contribution in [-0.2, 0) is 11.3 Å². The second kappa shape index (κ2) is 6.71. The van der Waals surface area contributed by atoms with Crippen LogP contribution in [0.5, 0.6) is 0 Å². The van der Waals surface area contributed by atoms with E-state index >= 15 is 0 Å². The van der Waals surface area contributed by atoms with E-state index in [1.165, 1.54) is 0 Å². The number of amides is 2. The largest absolute Gasteiger partial charge is 0.338 e. The van der Waals surface area contributed by atoms with Gasteiger partial charge in [0.1, 0.15) is 0 Å². The quantitative estimate of drug-likeness (QED) is 0.851. The first-order valence-electron chi connectivity index (χ1n) is 8.41. The number of piperazine rings is 1. The van der Waals surface area contributed by atoms with Gasteiger partial charge in [0, 0.05) is 50.7 Å². The third kappa shape index (κ3) is 3.55. The van der Waals surface area contributed by atoms with Crippen molar-refractivity contribution in [2.45, 2.75) is 32.4 Å². The summed E-state index contributed by atoms with van der Waals surface area (Å²) in [7, 11) is 2.09. The smallest absolute Gasteiger partial charge is 0.254 e. The van der Waals surface area contributed by atoms with Crippen molar-refractivity contribution in [1.82, 2.24) is 14.7 Å². The van der Waals surface area contributed by atoms with Gasteiger partial charge in [-0.05, 0) is 38.1 Å². The van der Waals surface area contributed by atoms with Gasteiger partial charge in [0.2, 0.25) is 5.91 Å². The molecule has 1 aromatic rings. The minimum Gasteiger partial charge on any atom is -0.338 e. The number of hydrogen-bond donors (Lipinski definition) is 0. The topological polar surface area (TPSA) is 43.9 Å². The SMILES string of the molecule is C[C@@H]1CN(C)CCN1C(=O)c1ccc(CN2CCCC2=O)cc1. The number of likely N-dealkylation sites (tertiary alicyclic amines) is 1. The Bertz CT molecular complexity index is 584. The fourth-order valence-corrected chi connectivity index (χ4v) is 3.45. The summed E-state index contributed by atoms with van der Waals surface area (Å²) in [4.78, 5) is 30.5. The van der Waals surface area contributed by atoms with E-state index in [2.05, 4.69) is 18.9 Å². The van der Waals surface area contributed by atoms with Crippen molar-refractivity contribution >= 4 is 11.8 Å². The molecule has 2 saturated heterocycles. The normalized spacial score (nSPS) is 22.7. The Morgan fingerprint density at radius 1 is 1.17 bits per heavy atom. The van der Waals surface area contributed by atoms with Crippen molar-refractivity contribution < 1.29 is 9.59 Å². The monoisotopic (exact) mass is 315 g/mol. The number of carbonyl (C=O) groups excluding carboxylic acids is 2. The van der Waals surface area contributed by atoms with Crippen LogP contribution >= 0.6 is 0 Å². The first kappa shape index (κ1) is 16.0. The summed E-state index contributed by atoms with van der Waals surface area (Å²) in [5, 5.41) is 0. The Kier molecular flexibility index (Phi) is 4.66. The Balaban J connectivity index is 1.64. The van der Waals surface area contributed by atoms with E-state index in [-0.39, 0.29) is 17.9 Å². The predicted molar refractivity (Wildman–Crippen MR) is 89.1 cm³/mol. The maximum atomic E-state index is 12.7. The summed E-state index contributed by atoms with van der Waals surface area (Å²) in [5.74, 6) is 0.339. The highest BCUT2D eigenvalue weighted by Gasteiger charge is 2.26. The average molecular weight is 315 g/mol. The van der Waals surface area contributed by atoms with Crippen molar-refractivity contribution in [2.75, 3.05) is 33.2 Å². The molecule has 0 spiro atoms. The molecule has 3 rings (SSSR count). The number of nitrogens with zero attached hydrogens (tertiary/aromatic N) is 3. The number of carbonyl (C=O) groups is 2. The van der Waals surface area contributed by atoms with E-state index in [1.807, 2.05) is 34.1 Å². The molecule has 2 fully saturated rings. The molecule has 23 heavy (non-hydrogen) atoms. The summed E-state index contributed by atoms with van der Waals surface area (Å²) in [6.45, 7) is 6.21. The van der Waals surface area contributed by atoms with Crippen LogP contribution in [0.15, 0.2) is 24.3 Å². The Morgan fingerprint density at radius 2 is 1.91 bits per heavy atom. The van der Waals surface area contributed by atoms with Crippen LogP contribution in [0, 0.1) is 0 Å². The van der Waals surface area contributed by atoms with E-state index in [9.17, 15) is 9.59 Å². The zero-order valence-corrected chi connectivity index (χ0v) is 14.0. The summed E-state index contributed by atoms with van der Waals surface area (Å²) in [6.07, 6.45) is 1.62. The molecule has 0 N–H and O–H groups in total. The van der Waals surface area contributed by atoms with Gasteiger partial charge < -0.3 is 14.7 Å². The van der Waals surface area contributed by atoms with Gasteiger partial charge in [0.15, 0.2) is 0 Å². The van der Waals surface area contributed by atoms with Crippen LogP contribution in [0.25, 0.3) is 0 Å². The van der Waals surface area contributed by atoms with Crippen LogP contribution in [0.3, 0.4) is 0 Å². The van der Waals surface area contributed by atoms with Crippen LogP contribution in [-0.4, -0.2) is 65.8 Å². The number of rotatable bonds is 3. The molecule has 0 saturated carbocycles. The van der Waals surface area contributed by atoms with Gasteiger partial charge in [-0.3, -0.25) is 9.59 Å². The molecule has 2 aliphatic heterocycles. The van der Waals surface area contributed by atoms with Crippen LogP contribution in [0.4, 0.5) is 0 Å². The Labute approximate surface area is 137 Å². The molecule has 2 aliphatic rings. The molecule has 124 valence electrons. The molecule has 0 bridgehead atoms. The predicted octanol–water partition coefficient (Wildman–Crippen LogP) is 1.59. The fraction of sp³-hybridized carbons (Fsp3) is 0.556. The number of benzene rings is 1. The third-order valence-electron chi connectivity index (χ3n) is 4.84. The summed E-state index contributed by atoms with van der Waals surface area (Å²) in [6, 6.07) is 7.97. The molecule has 1 atom stereocenters. The average Bonchev–Trinajstić information content (AvgIpc) is 2.93. The lowest BCUT2D eigenvalue weighted by molar-refractivity contribution is -0.128. The molecule has 5 heteroatoms. The van der Waals surface area contributed by atoms with Crippen molar-refractivity contribution in [2.24, 2.45) is 0 Å². The van der Waals surface area contributed by atoms with Gasteiger partial charge in [-0.1, -0.05) is 12.1 Å². The standard InChI is InChI=1S/C18H25N3O2/c1-14-12-19(2)10-11-21(14)18(23)16-7-5-15(6-8-16)13-20-9-3-4-17(20)22/h5-8,14H,3-4,9-13H2,1-2H3/t14-/m1/s1. The highest BCUT2D eigenvalue weighted by molar-refractivity contribution is 5.94. The lowest BCUT2D eigenvalue weighted by Crippen LogP contribution is -2.52. The molecule has 2 heterocycles. The molecule has 0 radical (unpaired) electrons. The van der Waals surface area contributed by atoms with Crippen molar-refractivity contribution in [1.29, 1.82) is 0 Å². The second-order valence-electron chi connectivity index (χ2n) is 6.73. The van der Waals surface area contributed by atoms with Crippen molar-refractivity contribution in [3.05, 3.63) is 35.4 Å². The van der Waals surface area contributed by atoms with Gasteiger partial charge in [-0.2, -0.15) is 0 Å². The molecule has 5 nitrogen and oxygen atoms in total. The molecular weight excluding hydrogens is 290 g/mol. The lowest BCUT2D eigenvalue weighted by atomic mass is 10.1. The first-order chi connectivity index (χ1) is 11.0. The summed E-state index contributed by atoms with van der Waals surface area (Å²) in [5.41, 5.74) is 1.82. The van der Waals surface area contributed by atoms with Gasteiger partial charge in [-0.15, -0.1) is 0 Å². The fourth-order valence-electron chi connectivity index (χ4n) is 3.45. The zero-order valence-electron chi connectivity index (χ0n) is 14.0. The molecular formula is C18H25N3O2. The van der Waals surface area contributed by atoms with E-state index in [0.717, 1.165) is 43.7 Å². The maximum Gasteiger partial charge on any atom is 0.254 e. The van der Waals surface area contributed by atoms with Crippen molar-refractivity contribution in [3.63, 3.8) is 0 Å². The van der Waals surface area contributed by atoms with E-state index < -0.39 is 0 Å². The van der Waals surface area contributed by atoms with Gasteiger partial charge in [-0.25, -0.2) is 0 Å². The molecule has 0 aromatic heterocycles. The van der Waals surface area contributed by atoms with E-state index in [1.54, 1.807) is 0 Å². The summed E-state index contributed by atoms with van der Waals surface area (Å²) < 4.78 is 0. The minimum atomic E-state index is 0.106. The van der Waals surface area contributed by atoms with Gasteiger partial charge in [0.25, 0.3) is 5.91 Å². The highest BCUT2D eigenvalue weighted by Crippen LogP contribution is 2.17. The Hall–Kier alpha value is -1.88. The number of hydrogen-bond acceptors (Lipinski definition) is 3. The van der Waals surface area contributed by atoms with Crippen molar-refractivity contribution in [3.8, 4) is 0 Å². The Morgan fingerprint density at radius 3 is 2.52 bits per heavy atom. The zero-order chi connectivity index (χ0) is 16.4. The minimum absolute atomic E-state index is 0.106. The highest BCUT2D eigenvalue weighted by atomic mass is 16.2. The van der Waals surface area contributed by atoms with Crippen LogP contribution in [0.2, 0.25) is 0 Å². The lowest BCUT2D eigenvalue weighted by Gasteiger charge is -2.38. The summed E-state index contributed by atoms with van der Waals surface area (Å²) >= 11 is 0. The third-order valence-corrected chi connectivity index (χ3v) is 4.84. The maximum absolute atomic E-state index is 12.7. The molecule has 0 unspecified atom stereocenters. The molecule has 2 amide bonds. The van der Waals surface area contributed by atoms with Gasteiger partial charge >= 0.3 is 0 Å². The molecule has 0 aliphatic carbocycles. The van der Waals surface area contributed by atoms with E-state index in [4.69, 9.17) is 0 Å². The van der Waals surface area contributed by atoms with Crippen LogP contribution in [0.1, 0.15) is 35.7 Å².